The number of hydroxylamine groups is 1. The molecule has 0 saturated heterocycles. The van der Waals surface area contributed by atoms with Gasteiger partial charge in [0.15, 0.2) is 0 Å². The highest BCUT2D eigenvalue weighted by molar-refractivity contribution is 5.81. The van der Waals surface area contributed by atoms with E-state index >= 15 is 0 Å². The highest BCUT2D eigenvalue weighted by Crippen LogP contribution is 2.51. The van der Waals surface area contributed by atoms with Crippen LogP contribution in [0.5, 0.6) is 0 Å². The van der Waals surface area contributed by atoms with Crippen LogP contribution in [0.4, 0.5) is 0 Å². The Morgan fingerprint density at radius 1 is 1.46 bits per heavy atom. The summed E-state index contributed by atoms with van der Waals surface area (Å²) in [6, 6.07) is 0. The quantitative estimate of drug-likeness (QED) is 0.675. The zero-order valence-electron chi connectivity index (χ0n) is 8.30. The molecule has 2 saturated carbocycles. The van der Waals surface area contributed by atoms with E-state index in [0.29, 0.717) is 0 Å². The third-order valence-electron chi connectivity index (χ3n) is 3.21. The molecule has 3 heteroatoms. The first-order chi connectivity index (χ1) is 6.09. The molecule has 2 aliphatic rings. The van der Waals surface area contributed by atoms with Crippen LogP contribution in [0.2, 0.25) is 0 Å². The first-order valence-electron chi connectivity index (χ1n) is 5.05. The third kappa shape index (κ3) is 1.85. The van der Waals surface area contributed by atoms with Crippen molar-refractivity contribution in [1.29, 1.82) is 0 Å². The van der Waals surface area contributed by atoms with Crippen LogP contribution in [-0.2, 0) is 9.63 Å². The second-order valence-corrected chi connectivity index (χ2v) is 4.88. The lowest BCUT2D eigenvalue weighted by Gasteiger charge is -2.24. The van der Waals surface area contributed by atoms with E-state index in [1.165, 1.54) is 6.42 Å². The SMILES string of the molecule is CC1(C)CC1C(=O)NOC1CCC1. The minimum Gasteiger partial charge on any atom is -0.272 e. The predicted octanol–water partition coefficient (Wildman–Crippen LogP) is 1.63. The molecule has 1 amide bonds. The van der Waals surface area contributed by atoms with E-state index in [-0.39, 0.29) is 23.3 Å². The van der Waals surface area contributed by atoms with E-state index in [1.807, 2.05) is 0 Å². The van der Waals surface area contributed by atoms with Crippen LogP contribution in [0.15, 0.2) is 0 Å². The molecule has 0 bridgehead atoms. The maximum absolute atomic E-state index is 11.4. The van der Waals surface area contributed by atoms with Crippen molar-refractivity contribution in [2.45, 2.75) is 45.6 Å². The smallest absolute Gasteiger partial charge is 0.247 e. The monoisotopic (exact) mass is 183 g/mol. The van der Waals surface area contributed by atoms with Crippen LogP contribution < -0.4 is 5.48 Å². The van der Waals surface area contributed by atoms with Crippen LogP contribution in [0.1, 0.15) is 39.5 Å². The molecule has 2 aliphatic carbocycles. The average molecular weight is 183 g/mol. The van der Waals surface area contributed by atoms with E-state index in [1.54, 1.807) is 0 Å². The Bertz CT molecular complexity index is 221. The number of carbonyl (C=O) groups excluding carboxylic acids is 1. The fourth-order valence-corrected chi connectivity index (χ4v) is 1.62. The standard InChI is InChI=1S/C10H17NO2/c1-10(2)6-8(10)9(12)11-13-7-4-3-5-7/h7-8H,3-6H2,1-2H3,(H,11,12). The third-order valence-corrected chi connectivity index (χ3v) is 3.21. The molecule has 1 N–H and O–H groups in total. The average Bonchev–Trinajstić information content (AvgIpc) is 2.56. The molecule has 2 fully saturated rings. The van der Waals surface area contributed by atoms with Crippen LogP contribution in [0.25, 0.3) is 0 Å². The number of hydrogen-bond acceptors (Lipinski definition) is 2. The molecular formula is C10H17NO2. The van der Waals surface area contributed by atoms with Gasteiger partial charge in [0, 0.05) is 5.92 Å². The molecule has 0 radical (unpaired) electrons. The van der Waals surface area contributed by atoms with Crippen LogP contribution >= 0.6 is 0 Å². The van der Waals surface area contributed by atoms with Gasteiger partial charge in [-0.15, -0.1) is 0 Å². The van der Waals surface area contributed by atoms with Gasteiger partial charge < -0.3 is 0 Å². The van der Waals surface area contributed by atoms with E-state index < -0.39 is 0 Å². The molecule has 0 spiro atoms. The molecule has 0 heterocycles. The van der Waals surface area contributed by atoms with Gasteiger partial charge in [-0.05, 0) is 31.1 Å². The van der Waals surface area contributed by atoms with Crippen LogP contribution in [-0.4, -0.2) is 12.0 Å². The minimum absolute atomic E-state index is 0.0666. The van der Waals surface area contributed by atoms with E-state index in [9.17, 15) is 4.79 Å². The van der Waals surface area contributed by atoms with Crippen molar-refractivity contribution in [1.82, 2.24) is 5.48 Å². The summed E-state index contributed by atoms with van der Waals surface area (Å²) in [6.07, 6.45) is 4.69. The van der Waals surface area contributed by atoms with Gasteiger partial charge in [0.1, 0.15) is 0 Å². The van der Waals surface area contributed by atoms with Gasteiger partial charge in [-0.1, -0.05) is 13.8 Å². The Balaban J connectivity index is 1.67. The zero-order chi connectivity index (χ0) is 9.47. The number of carbonyl (C=O) groups is 1. The lowest BCUT2D eigenvalue weighted by atomic mass is 9.97. The fraction of sp³-hybridized carbons (Fsp3) is 0.900. The van der Waals surface area contributed by atoms with E-state index in [0.717, 1.165) is 19.3 Å². The van der Waals surface area contributed by atoms with Gasteiger partial charge in [-0.2, -0.15) is 0 Å². The normalized spacial score (nSPS) is 30.8. The molecule has 0 aromatic carbocycles. The Morgan fingerprint density at radius 2 is 2.08 bits per heavy atom. The Labute approximate surface area is 78.8 Å². The molecule has 3 nitrogen and oxygen atoms in total. The maximum Gasteiger partial charge on any atom is 0.247 e. The number of hydrogen-bond donors (Lipinski definition) is 1. The van der Waals surface area contributed by atoms with Crippen molar-refractivity contribution in [3.8, 4) is 0 Å². The molecule has 13 heavy (non-hydrogen) atoms. The van der Waals surface area contributed by atoms with Gasteiger partial charge in [0.25, 0.3) is 0 Å². The molecule has 0 aliphatic heterocycles. The summed E-state index contributed by atoms with van der Waals surface area (Å²) in [4.78, 5) is 16.7. The summed E-state index contributed by atoms with van der Waals surface area (Å²) < 4.78 is 0. The lowest BCUT2D eigenvalue weighted by Crippen LogP contribution is -2.34. The van der Waals surface area contributed by atoms with Crippen molar-refractivity contribution in [3.05, 3.63) is 0 Å². The minimum atomic E-state index is 0.0666. The van der Waals surface area contributed by atoms with Crippen molar-refractivity contribution in [3.63, 3.8) is 0 Å². The molecule has 74 valence electrons. The zero-order valence-corrected chi connectivity index (χ0v) is 8.30. The van der Waals surface area contributed by atoms with Crippen molar-refractivity contribution >= 4 is 5.91 Å². The molecule has 2 rings (SSSR count). The van der Waals surface area contributed by atoms with Gasteiger partial charge >= 0.3 is 0 Å². The second kappa shape index (κ2) is 2.98. The fourth-order valence-electron chi connectivity index (χ4n) is 1.62. The lowest BCUT2D eigenvalue weighted by molar-refractivity contribution is -0.144. The Kier molecular flexibility index (Phi) is 2.06. The molecule has 1 atom stereocenters. The summed E-state index contributed by atoms with van der Waals surface area (Å²) in [5.41, 5.74) is 2.76. The summed E-state index contributed by atoms with van der Waals surface area (Å²) in [7, 11) is 0. The second-order valence-electron chi connectivity index (χ2n) is 4.88. The molecule has 1 unspecified atom stereocenters. The topological polar surface area (TPSA) is 38.3 Å². The van der Waals surface area contributed by atoms with E-state index in [2.05, 4.69) is 19.3 Å². The summed E-state index contributed by atoms with van der Waals surface area (Å²) in [6.45, 7) is 4.22. The molecular weight excluding hydrogens is 166 g/mol. The van der Waals surface area contributed by atoms with Gasteiger partial charge in [0.05, 0.1) is 6.10 Å². The predicted molar refractivity (Wildman–Crippen MR) is 48.8 cm³/mol. The van der Waals surface area contributed by atoms with Crippen LogP contribution in [0.3, 0.4) is 0 Å². The molecule has 0 aromatic rings. The van der Waals surface area contributed by atoms with Crippen LogP contribution in [0, 0.1) is 11.3 Å². The Morgan fingerprint density at radius 3 is 2.46 bits per heavy atom. The molecule has 0 aromatic heterocycles. The van der Waals surface area contributed by atoms with E-state index in [4.69, 9.17) is 4.84 Å². The highest BCUT2D eigenvalue weighted by atomic mass is 16.7. The van der Waals surface area contributed by atoms with Gasteiger partial charge in [-0.3, -0.25) is 9.63 Å². The first-order valence-corrected chi connectivity index (χ1v) is 5.05. The van der Waals surface area contributed by atoms with Crippen molar-refractivity contribution < 1.29 is 9.63 Å². The summed E-state index contributed by atoms with van der Waals surface area (Å²) in [5, 5.41) is 0. The van der Waals surface area contributed by atoms with Gasteiger partial charge in [0.2, 0.25) is 5.91 Å². The Hall–Kier alpha value is -0.570. The first kappa shape index (κ1) is 9.00. The summed E-state index contributed by atoms with van der Waals surface area (Å²) >= 11 is 0. The number of nitrogens with one attached hydrogen (secondary N) is 1. The van der Waals surface area contributed by atoms with Gasteiger partial charge in [-0.25, -0.2) is 5.48 Å². The largest absolute Gasteiger partial charge is 0.272 e. The maximum atomic E-state index is 11.4. The number of amides is 1. The number of rotatable bonds is 3. The summed E-state index contributed by atoms with van der Waals surface area (Å²) in [5.74, 6) is 0.240. The van der Waals surface area contributed by atoms with Crippen molar-refractivity contribution in [2.24, 2.45) is 11.3 Å². The van der Waals surface area contributed by atoms with Crippen molar-refractivity contribution in [2.75, 3.05) is 0 Å². The highest BCUT2D eigenvalue weighted by Gasteiger charge is 2.50.